The molecule has 0 bridgehead atoms. The van der Waals surface area contributed by atoms with Crippen LogP contribution in [0.4, 0.5) is 10.2 Å². The monoisotopic (exact) mass is 296 g/mol. The largest absolute Gasteiger partial charge is 0.354 e. The molecule has 5 heteroatoms. The Bertz CT molecular complexity index is 687. The van der Waals surface area contributed by atoms with Gasteiger partial charge in [0.15, 0.2) is 0 Å². The molecule has 0 N–H and O–H groups in total. The number of benzene rings is 1. The molecule has 0 radical (unpaired) electrons. The Hall–Kier alpha value is -2.45. The van der Waals surface area contributed by atoms with Crippen LogP contribution in [0.2, 0.25) is 0 Å². The highest BCUT2D eigenvalue weighted by Crippen LogP contribution is 2.17. The lowest BCUT2D eigenvalue weighted by Crippen LogP contribution is -2.46. The van der Waals surface area contributed by atoms with Crippen molar-refractivity contribution < 1.29 is 4.39 Å². The summed E-state index contributed by atoms with van der Waals surface area (Å²) in [6, 6.07) is 12.6. The Morgan fingerprint density at radius 3 is 2.64 bits per heavy atom. The summed E-state index contributed by atoms with van der Waals surface area (Å²) in [5.74, 6) is 0.693. The highest BCUT2D eigenvalue weighted by molar-refractivity contribution is 5.45. The molecular formula is C17H17FN4. The standard InChI is InChI=1S/C17H17FN4/c18-16-4-2-1-3-15(16)13-21-7-9-22(10-8-21)17-11-14(12-19)5-6-20-17/h1-6,11H,7-10,13H2. The maximum absolute atomic E-state index is 13.7. The van der Waals surface area contributed by atoms with Crippen molar-refractivity contribution >= 4 is 5.82 Å². The zero-order chi connectivity index (χ0) is 15.4. The first-order valence-electron chi connectivity index (χ1n) is 7.33. The lowest BCUT2D eigenvalue weighted by Gasteiger charge is -2.35. The van der Waals surface area contributed by atoms with Crippen LogP contribution in [-0.2, 0) is 6.54 Å². The van der Waals surface area contributed by atoms with Crippen molar-refractivity contribution in [1.82, 2.24) is 9.88 Å². The van der Waals surface area contributed by atoms with Crippen LogP contribution in [0.3, 0.4) is 0 Å². The second-order valence-corrected chi connectivity index (χ2v) is 5.37. The van der Waals surface area contributed by atoms with Crippen molar-refractivity contribution in [1.29, 1.82) is 5.26 Å². The summed E-state index contributed by atoms with van der Waals surface area (Å²) in [7, 11) is 0. The molecule has 0 spiro atoms. The number of nitrogens with zero attached hydrogens (tertiary/aromatic N) is 4. The average Bonchev–Trinajstić information content (AvgIpc) is 2.58. The van der Waals surface area contributed by atoms with Crippen LogP contribution < -0.4 is 4.90 Å². The molecule has 1 fully saturated rings. The summed E-state index contributed by atoms with van der Waals surface area (Å²) in [6.45, 7) is 4.00. The van der Waals surface area contributed by atoms with Gasteiger partial charge in [0.2, 0.25) is 0 Å². The van der Waals surface area contributed by atoms with Crippen LogP contribution in [0.15, 0.2) is 42.6 Å². The van der Waals surface area contributed by atoms with Gasteiger partial charge in [-0.3, -0.25) is 4.90 Å². The molecule has 0 saturated carbocycles. The summed E-state index contributed by atoms with van der Waals surface area (Å²) in [5, 5.41) is 8.95. The van der Waals surface area contributed by atoms with E-state index in [1.165, 1.54) is 6.07 Å². The van der Waals surface area contributed by atoms with Crippen LogP contribution in [0, 0.1) is 17.1 Å². The van der Waals surface area contributed by atoms with Gasteiger partial charge in [0.05, 0.1) is 11.6 Å². The van der Waals surface area contributed by atoms with Crippen molar-refractivity contribution in [2.45, 2.75) is 6.54 Å². The van der Waals surface area contributed by atoms with E-state index in [-0.39, 0.29) is 5.82 Å². The van der Waals surface area contributed by atoms with E-state index < -0.39 is 0 Å². The Morgan fingerprint density at radius 1 is 1.14 bits per heavy atom. The summed E-state index contributed by atoms with van der Waals surface area (Å²) in [6.07, 6.45) is 1.67. The van der Waals surface area contributed by atoms with E-state index in [9.17, 15) is 4.39 Å². The van der Waals surface area contributed by atoms with Gasteiger partial charge in [-0.1, -0.05) is 18.2 Å². The first kappa shape index (κ1) is 14.5. The molecule has 2 aromatic rings. The van der Waals surface area contributed by atoms with Crippen molar-refractivity contribution in [2.24, 2.45) is 0 Å². The minimum atomic E-state index is -0.145. The maximum Gasteiger partial charge on any atom is 0.129 e. The predicted molar refractivity (Wildman–Crippen MR) is 82.8 cm³/mol. The third kappa shape index (κ3) is 3.23. The zero-order valence-corrected chi connectivity index (χ0v) is 12.2. The topological polar surface area (TPSA) is 43.2 Å². The minimum Gasteiger partial charge on any atom is -0.354 e. The number of hydrogen-bond donors (Lipinski definition) is 0. The molecule has 1 aliphatic heterocycles. The third-order valence-electron chi connectivity index (χ3n) is 3.92. The van der Waals surface area contributed by atoms with Gasteiger partial charge in [0.1, 0.15) is 11.6 Å². The molecule has 0 unspecified atom stereocenters. The van der Waals surface area contributed by atoms with E-state index in [1.54, 1.807) is 18.3 Å². The van der Waals surface area contributed by atoms with E-state index in [1.807, 2.05) is 18.2 Å². The van der Waals surface area contributed by atoms with Gasteiger partial charge >= 0.3 is 0 Å². The fourth-order valence-corrected chi connectivity index (χ4v) is 2.66. The van der Waals surface area contributed by atoms with E-state index in [0.29, 0.717) is 12.1 Å². The number of halogens is 1. The van der Waals surface area contributed by atoms with Gasteiger partial charge in [-0.15, -0.1) is 0 Å². The molecular weight excluding hydrogens is 279 g/mol. The highest BCUT2D eigenvalue weighted by atomic mass is 19.1. The highest BCUT2D eigenvalue weighted by Gasteiger charge is 2.19. The molecule has 0 amide bonds. The summed E-state index contributed by atoms with van der Waals surface area (Å²) >= 11 is 0. The van der Waals surface area contributed by atoms with Crippen molar-refractivity contribution in [3.63, 3.8) is 0 Å². The van der Waals surface area contributed by atoms with E-state index in [2.05, 4.69) is 20.9 Å². The number of nitriles is 1. The van der Waals surface area contributed by atoms with Gasteiger partial charge in [-0.2, -0.15) is 5.26 Å². The second-order valence-electron chi connectivity index (χ2n) is 5.37. The molecule has 3 rings (SSSR count). The average molecular weight is 296 g/mol. The molecule has 4 nitrogen and oxygen atoms in total. The first-order chi connectivity index (χ1) is 10.8. The second kappa shape index (κ2) is 6.54. The maximum atomic E-state index is 13.7. The van der Waals surface area contributed by atoms with E-state index in [0.717, 1.165) is 37.6 Å². The fraction of sp³-hybridized carbons (Fsp3) is 0.294. The SMILES string of the molecule is N#Cc1ccnc(N2CCN(Cc3ccccc3F)CC2)c1. The molecule has 22 heavy (non-hydrogen) atoms. The predicted octanol–water partition coefficient (Wildman–Crippen LogP) is 2.41. The smallest absolute Gasteiger partial charge is 0.129 e. The van der Waals surface area contributed by atoms with Crippen LogP contribution in [-0.4, -0.2) is 36.1 Å². The molecule has 1 saturated heterocycles. The number of piperazine rings is 1. The third-order valence-corrected chi connectivity index (χ3v) is 3.92. The summed E-state index contributed by atoms with van der Waals surface area (Å²) in [4.78, 5) is 8.73. The minimum absolute atomic E-state index is 0.145. The van der Waals surface area contributed by atoms with E-state index >= 15 is 0 Å². The van der Waals surface area contributed by atoms with Gasteiger partial charge < -0.3 is 4.90 Å². The molecule has 2 heterocycles. The number of rotatable bonds is 3. The fourth-order valence-electron chi connectivity index (χ4n) is 2.66. The Balaban J connectivity index is 1.61. The zero-order valence-electron chi connectivity index (χ0n) is 12.2. The Morgan fingerprint density at radius 2 is 1.91 bits per heavy atom. The lowest BCUT2D eigenvalue weighted by molar-refractivity contribution is 0.246. The van der Waals surface area contributed by atoms with Crippen LogP contribution >= 0.6 is 0 Å². The summed E-state index contributed by atoms with van der Waals surface area (Å²) in [5.41, 5.74) is 1.36. The van der Waals surface area contributed by atoms with Gasteiger partial charge in [-0.25, -0.2) is 9.37 Å². The Kier molecular flexibility index (Phi) is 4.31. The first-order valence-corrected chi connectivity index (χ1v) is 7.33. The summed E-state index contributed by atoms with van der Waals surface area (Å²) < 4.78 is 13.7. The van der Waals surface area contributed by atoms with Crippen LogP contribution in [0.5, 0.6) is 0 Å². The number of pyridine rings is 1. The van der Waals surface area contributed by atoms with Crippen LogP contribution in [0.1, 0.15) is 11.1 Å². The quantitative estimate of drug-likeness (QED) is 0.872. The van der Waals surface area contributed by atoms with Crippen molar-refractivity contribution in [3.05, 3.63) is 59.5 Å². The molecule has 1 aromatic heterocycles. The molecule has 0 aliphatic carbocycles. The molecule has 0 atom stereocenters. The normalized spacial score (nSPS) is 15.5. The number of anilines is 1. The number of hydrogen-bond acceptors (Lipinski definition) is 4. The van der Waals surface area contributed by atoms with Gasteiger partial charge in [0, 0.05) is 44.5 Å². The van der Waals surface area contributed by atoms with Gasteiger partial charge in [-0.05, 0) is 18.2 Å². The van der Waals surface area contributed by atoms with Gasteiger partial charge in [0.25, 0.3) is 0 Å². The van der Waals surface area contributed by atoms with Crippen molar-refractivity contribution in [3.8, 4) is 6.07 Å². The van der Waals surface area contributed by atoms with E-state index in [4.69, 9.17) is 5.26 Å². The molecule has 1 aromatic carbocycles. The lowest BCUT2D eigenvalue weighted by atomic mass is 10.2. The molecule has 112 valence electrons. The number of aromatic nitrogens is 1. The van der Waals surface area contributed by atoms with Crippen LogP contribution in [0.25, 0.3) is 0 Å². The van der Waals surface area contributed by atoms with Crippen molar-refractivity contribution in [2.75, 3.05) is 31.1 Å². The Labute approximate surface area is 129 Å². The molecule has 1 aliphatic rings.